The lowest BCUT2D eigenvalue weighted by atomic mass is 10.2. The number of hydrogen-bond acceptors (Lipinski definition) is 2. The monoisotopic (exact) mass is 338 g/mol. The minimum Gasteiger partial charge on any atom is -0.457 e. The molecule has 2 aromatic rings. The largest absolute Gasteiger partial charge is 0.457 e. The van der Waals surface area contributed by atoms with Gasteiger partial charge in [-0.3, -0.25) is 5.41 Å². The molecule has 0 unspecified atom stereocenters. The molecule has 2 aromatic carbocycles. The Balaban J connectivity index is 2.31. The van der Waals surface area contributed by atoms with Gasteiger partial charge >= 0.3 is 0 Å². The lowest BCUT2D eigenvalue weighted by Crippen LogP contribution is -2.11. The zero-order chi connectivity index (χ0) is 14.0. The van der Waals surface area contributed by atoms with Crippen molar-refractivity contribution in [3.8, 4) is 11.5 Å². The summed E-state index contributed by atoms with van der Waals surface area (Å²) in [4.78, 5) is 0. The Morgan fingerprint density at radius 3 is 2.63 bits per heavy atom. The predicted octanol–water partition coefficient (Wildman–Crippen LogP) is 4.49. The van der Waals surface area contributed by atoms with Crippen molar-refractivity contribution in [2.24, 2.45) is 5.73 Å². The molecule has 0 spiro atoms. The number of hydrogen-bond donors (Lipinski definition) is 2. The van der Waals surface area contributed by atoms with Crippen LogP contribution in [0.1, 0.15) is 11.1 Å². The van der Waals surface area contributed by atoms with Gasteiger partial charge in [-0.2, -0.15) is 0 Å². The number of halogens is 2. The van der Waals surface area contributed by atoms with Crippen LogP contribution in [0.2, 0.25) is 5.02 Å². The Bertz CT molecular complexity index is 643. The van der Waals surface area contributed by atoms with Crippen LogP contribution >= 0.6 is 27.5 Å². The molecule has 0 radical (unpaired) electrons. The summed E-state index contributed by atoms with van der Waals surface area (Å²) in [5.74, 6) is 1.37. The first-order valence-electron chi connectivity index (χ1n) is 5.55. The average molecular weight is 340 g/mol. The van der Waals surface area contributed by atoms with Crippen LogP contribution in [-0.2, 0) is 0 Å². The molecule has 0 aliphatic rings. The van der Waals surface area contributed by atoms with Crippen molar-refractivity contribution < 1.29 is 4.74 Å². The highest BCUT2D eigenvalue weighted by Gasteiger charge is 2.07. The molecule has 0 aromatic heterocycles. The molecule has 0 heterocycles. The van der Waals surface area contributed by atoms with E-state index in [9.17, 15) is 0 Å². The molecule has 19 heavy (non-hydrogen) atoms. The van der Waals surface area contributed by atoms with E-state index in [-0.39, 0.29) is 5.84 Å². The van der Waals surface area contributed by atoms with Crippen molar-refractivity contribution in [2.75, 3.05) is 0 Å². The predicted molar refractivity (Wildman–Crippen MR) is 81.4 cm³/mol. The van der Waals surface area contributed by atoms with Crippen molar-refractivity contribution in [1.29, 1.82) is 5.41 Å². The van der Waals surface area contributed by atoms with Gasteiger partial charge in [0, 0.05) is 15.1 Å². The number of nitrogens with one attached hydrogen (secondary N) is 1. The van der Waals surface area contributed by atoms with Gasteiger partial charge in [0.25, 0.3) is 0 Å². The quantitative estimate of drug-likeness (QED) is 0.639. The molecule has 0 aliphatic heterocycles. The summed E-state index contributed by atoms with van der Waals surface area (Å²) >= 11 is 9.31. The third-order valence-corrected chi connectivity index (χ3v) is 3.50. The van der Waals surface area contributed by atoms with E-state index >= 15 is 0 Å². The van der Waals surface area contributed by atoms with E-state index < -0.39 is 0 Å². The van der Waals surface area contributed by atoms with E-state index in [1.54, 1.807) is 24.3 Å². The molecule has 0 saturated heterocycles. The Morgan fingerprint density at radius 2 is 2.00 bits per heavy atom. The zero-order valence-corrected chi connectivity index (χ0v) is 12.5. The SMILES string of the molecule is Cc1ccc(Cl)cc1Oc1ccc(C(=N)N)c(Br)c1. The van der Waals surface area contributed by atoms with Crippen LogP contribution in [0.4, 0.5) is 0 Å². The summed E-state index contributed by atoms with van der Waals surface area (Å²) < 4.78 is 6.50. The second-order valence-electron chi connectivity index (χ2n) is 4.07. The lowest BCUT2D eigenvalue weighted by molar-refractivity contribution is 0.478. The van der Waals surface area contributed by atoms with Gasteiger partial charge in [0.05, 0.1) is 0 Å². The average Bonchev–Trinajstić information content (AvgIpc) is 2.33. The number of nitrogen functional groups attached to an aromatic ring is 1. The Hall–Kier alpha value is -1.52. The standard InChI is InChI=1S/C14H12BrClN2O/c1-8-2-3-9(16)6-13(8)19-10-4-5-11(14(17)18)12(15)7-10/h2-7H,1H3,(H3,17,18). The Morgan fingerprint density at radius 1 is 1.26 bits per heavy atom. The fourth-order valence-corrected chi connectivity index (χ4v) is 2.32. The number of rotatable bonds is 3. The third kappa shape index (κ3) is 3.28. The van der Waals surface area contributed by atoms with Gasteiger partial charge in [-0.15, -0.1) is 0 Å². The summed E-state index contributed by atoms with van der Waals surface area (Å²) in [5.41, 5.74) is 7.09. The zero-order valence-electron chi connectivity index (χ0n) is 10.2. The van der Waals surface area contributed by atoms with Gasteiger partial charge in [0.1, 0.15) is 17.3 Å². The van der Waals surface area contributed by atoms with Crippen LogP contribution < -0.4 is 10.5 Å². The molecule has 0 atom stereocenters. The topological polar surface area (TPSA) is 59.1 Å². The van der Waals surface area contributed by atoms with Crippen LogP contribution in [0.25, 0.3) is 0 Å². The van der Waals surface area contributed by atoms with E-state index in [2.05, 4.69) is 15.9 Å². The Labute approximate surface area is 125 Å². The molecule has 5 heteroatoms. The summed E-state index contributed by atoms with van der Waals surface area (Å²) in [6.45, 7) is 1.95. The smallest absolute Gasteiger partial charge is 0.131 e. The van der Waals surface area contributed by atoms with E-state index in [4.69, 9.17) is 27.5 Å². The number of benzene rings is 2. The van der Waals surface area contributed by atoms with Crippen LogP contribution in [0.3, 0.4) is 0 Å². The van der Waals surface area contributed by atoms with Gasteiger partial charge < -0.3 is 10.5 Å². The molecular weight excluding hydrogens is 328 g/mol. The molecule has 98 valence electrons. The van der Waals surface area contributed by atoms with Gasteiger partial charge in [-0.25, -0.2) is 0 Å². The van der Waals surface area contributed by atoms with Gasteiger partial charge in [-0.05, 0) is 58.7 Å². The highest BCUT2D eigenvalue weighted by Crippen LogP contribution is 2.30. The van der Waals surface area contributed by atoms with E-state index in [0.717, 1.165) is 10.0 Å². The van der Waals surface area contributed by atoms with E-state index in [1.807, 2.05) is 19.1 Å². The molecule has 0 fully saturated rings. The number of aryl methyl sites for hydroxylation is 1. The van der Waals surface area contributed by atoms with Crippen molar-refractivity contribution in [2.45, 2.75) is 6.92 Å². The van der Waals surface area contributed by atoms with Crippen LogP contribution in [0, 0.1) is 12.3 Å². The third-order valence-electron chi connectivity index (χ3n) is 2.61. The molecule has 0 amide bonds. The summed E-state index contributed by atoms with van der Waals surface area (Å²) in [5, 5.41) is 8.04. The molecule has 3 nitrogen and oxygen atoms in total. The summed E-state index contributed by atoms with van der Waals surface area (Å²) in [7, 11) is 0. The fourth-order valence-electron chi connectivity index (χ4n) is 1.59. The van der Waals surface area contributed by atoms with Crippen molar-refractivity contribution in [1.82, 2.24) is 0 Å². The molecule has 0 aliphatic carbocycles. The number of ether oxygens (including phenoxy) is 1. The molecule has 0 bridgehead atoms. The van der Waals surface area contributed by atoms with E-state index in [0.29, 0.717) is 22.1 Å². The van der Waals surface area contributed by atoms with Gasteiger partial charge in [-0.1, -0.05) is 17.7 Å². The van der Waals surface area contributed by atoms with Gasteiger partial charge in [0.2, 0.25) is 0 Å². The first-order chi connectivity index (χ1) is 8.97. The summed E-state index contributed by atoms with van der Waals surface area (Å²) in [6.07, 6.45) is 0. The highest BCUT2D eigenvalue weighted by atomic mass is 79.9. The van der Waals surface area contributed by atoms with Crippen LogP contribution in [-0.4, -0.2) is 5.84 Å². The molecule has 3 N–H and O–H groups in total. The molecular formula is C14H12BrClN2O. The number of nitrogens with two attached hydrogens (primary N) is 1. The van der Waals surface area contributed by atoms with Crippen LogP contribution in [0.15, 0.2) is 40.9 Å². The lowest BCUT2D eigenvalue weighted by Gasteiger charge is -2.10. The van der Waals surface area contributed by atoms with Crippen molar-refractivity contribution in [3.63, 3.8) is 0 Å². The molecule has 0 saturated carbocycles. The first kappa shape index (κ1) is 13.9. The second kappa shape index (κ2) is 5.63. The van der Waals surface area contributed by atoms with Crippen LogP contribution in [0.5, 0.6) is 11.5 Å². The maximum absolute atomic E-state index is 7.42. The fraction of sp³-hybridized carbons (Fsp3) is 0.0714. The first-order valence-corrected chi connectivity index (χ1v) is 6.72. The minimum atomic E-state index is 0.0114. The maximum atomic E-state index is 7.42. The maximum Gasteiger partial charge on any atom is 0.131 e. The van der Waals surface area contributed by atoms with Gasteiger partial charge in [0.15, 0.2) is 0 Å². The molecule has 2 rings (SSSR count). The summed E-state index contributed by atoms with van der Waals surface area (Å²) in [6, 6.07) is 10.8. The number of amidine groups is 1. The van der Waals surface area contributed by atoms with Crippen molar-refractivity contribution in [3.05, 3.63) is 57.0 Å². The van der Waals surface area contributed by atoms with E-state index in [1.165, 1.54) is 0 Å². The Kier molecular flexibility index (Phi) is 4.12. The normalized spacial score (nSPS) is 10.3. The second-order valence-corrected chi connectivity index (χ2v) is 5.36. The minimum absolute atomic E-state index is 0.0114. The highest BCUT2D eigenvalue weighted by molar-refractivity contribution is 9.10. The van der Waals surface area contributed by atoms with Crippen molar-refractivity contribution >= 4 is 33.4 Å².